The number of nitrogens with one attached hydrogen (secondary N) is 1. The van der Waals surface area contributed by atoms with Crippen molar-refractivity contribution in [2.24, 2.45) is 0 Å². The highest BCUT2D eigenvalue weighted by atomic mass is 19.1. The van der Waals surface area contributed by atoms with Gasteiger partial charge in [-0.25, -0.2) is 4.39 Å². The minimum atomic E-state index is -0.252. The lowest BCUT2D eigenvalue weighted by atomic mass is 10.0. The zero-order valence-electron chi connectivity index (χ0n) is 12.7. The van der Waals surface area contributed by atoms with E-state index < -0.39 is 0 Å². The minimum Gasteiger partial charge on any atom is -0.492 e. The van der Waals surface area contributed by atoms with E-state index in [1.807, 2.05) is 25.1 Å². The van der Waals surface area contributed by atoms with Gasteiger partial charge in [0, 0.05) is 23.4 Å². The third kappa shape index (κ3) is 3.79. The van der Waals surface area contributed by atoms with Crippen molar-refractivity contribution < 1.29 is 9.13 Å². The Morgan fingerprint density at radius 3 is 2.76 bits per heavy atom. The molecule has 2 rings (SSSR count). The number of aromatic nitrogens is 1. The molecule has 1 aromatic heterocycles. The van der Waals surface area contributed by atoms with Crippen LogP contribution < -0.4 is 10.1 Å². The molecule has 0 bridgehead atoms. The van der Waals surface area contributed by atoms with Crippen LogP contribution in [0.25, 0.3) is 11.1 Å². The van der Waals surface area contributed by atoms with Gasteiger partial charge in [0.1, 0.15) is 11.6 Å². The first-order chi connectivity index (χ1) is 10.2. The first-order valence-electron chi connectivity index (χ1n) is 7.26. The van der Waals surface area contributed by atoms with Gasteiger partial charge < -0.3 is 10.1 Å². The largest absolute Gasteiger partial charge is 0.492 e. The van der Waals surface area contributed by atoms with Gasteiger partial charge in [0.25, 0.3) is 0 Å². The van der Waals surface area contributed by atoms with Crippen LogP contribution in [0.15, 0.2) is 36.7 Å². The van der Waals surface area contributed by atoms with E-state index in [-0.39, 0.29) is 11.9 Å². The summed E-state index contributed by atoms with van der Waals surface area (Å²) >= 11 is 0. The average Bonchev–Trinajstić information content (AvgIpc) is 2.48. The van der Waals surface area contributed by atoms with E-state index in [2.05, 4.69) is 24.1 Å². The number of hydrogen-bond acceptors (Lipinski definition) is 3. The number of rotatable bonds is 6. The second-order valence-corrected chi connectivity index (χ2v) is 4.86. The topological polar surface area (TPSA) is 34.2 Å². The van der Waals surface area contributed by atoms with E-state index in [9.17, 15) is 4.39 Å². The van der Waals surface area contributed by atoms with Gasteiger partial charge in [0.15, 0.2) is 0 Å². The molecule has 1 aromatic carbocycles. The Labute approximate surface area is 125 Å². The predicted molar refractivity (Wildman–Crippen MR) is 82.9 cm³/mol. The summed E-state index contributed by atoms with van der Waals surface area (Å²) in [5.41, 5.74) is 2.32. The van der Waals surface area contributed by atoms with Crippen molar-refractivity contribution in [3.8, 4) is 16.9 Å². The molecule has 2 aromatic rings. The van der Waals surface area contributed by atoms with Gasteiger partial charge in [0.05, 0.1) is 12.8 Å². The zero-order valence-corrected chi connectivity index (χ0v) is 12.7. The summed E-state index contributed by atoms with van der Waals surface area (Å²) in [6.07, 6.45) is 3.29. The first kappa shape index (κ1) is 15.4. The summed E-state index contributed by atoms with van der Waals surface area (Å²) in [7, 11) is 0. The Balaban J connectivity index is 2.38. The zero-order chi connectivity index (χ0) is 15.2. The van der Waals surface area contributed by atoms with Crippen LogP contribution in [-0.2, 0) is 0 Å². The van der Waals surface area contributed by atoms with Crippen LogP contribution in [0.1, 0.15) is 32.4 Å². The Morgan fingerprint density at radius 2 is 2.05 bits per heavy atom. The van der Waals surface area contributed by atoms with Crippen LogP contribution in [0.4, 0.5) is 4.39 Å². The predicted octanol–water partition coefficient (Wildman–Crippen LogP) is 3.96. The highest BCUT2D eigenvalue weighted by Gasteiger charge is 2.11. The maximum atomic E-state index is 14.1. The normalized spacial score (nSPS) is 12.2. The quantitative estimate of drug-likeness (QED) is 0.873. The van der Waals surface area contributed by atoms with Crippen molar-refractivity contribution in [1.29, 1.82) is 0 Å². The monoisotopic (exact) mass is 288 g/mol. The fraction of sp³-hybridized carbons (Fsp3) is 0.353. The molecule has 0 aliphatic carbocycles. The minimum absolute atomic E-state index is 0.178. The molecule has 0 spiro atoms. The van der Waals surface area contributed by atoms with Crippen LogP contribution in [0.5, 0.6) is 5.75 Å². The van der Waals surface area contributed by atoms with Crippen molar-refractivity contribution in [1.82, 2.24) is 10.3 Å². The highest BCUT2D eigenvalue weighted by Crippen LogP contribution is 2.28. The molecule has 0 saturated heterocycles. The highest BCUT2D eigenvalue weighted by molar-refractivity contribution is 5.65. The molecule has 1 N–H and O–H groups in total. The van der Waals surface area contributed by atoms with E-state index >= 15 is 0 Å². The Bertz CT molecular complexity index is 601. The number of ether oxygens (including phenoxy) is 1. The lowest BCUT2D eigenvalue weighted by molar-refractivity contribution is 0.339. The average molecular weight is 288 g/mol. The van der Waals surface area contributed by atoms with Crippen molar-refractivity contribution in [3.05, 3.63) is 48.0 Å². The second-order valence-electron chi connectivity index (χ2n) is 4.86. The fourth-order valence-corrected chi connectivity index (χ4v) is 2.27. The van der Waals surface area contributed by atoms with E-state index in [1.54, 1.807) is 12.4 Å². The van der Waals surface area contributed by atoms with Crippen molar-refractivity contribution in [2.75, 3.05) is 13.2 Å². The van der Waals surface area contributed by atoms with Crippen molar-refractivity contribution in [2.45, 2.75) is 26.8 Å². The van der Waals surface area contributed by atoms with Crippen molar-refractivity contribution >= 4 is 0 Å². The molecular formula is C17H21FN2O. The molecule has 3 nitrogen and oxygen atoms in total. The number of nitrogens with zero attached hydrogens (tertiary/aromatic N) is 1. The van der Waals surface area contributed by atoms with Gasteiger partial charge in [0.2, 0.25) is 0 Å². The fourth-order valence-electron chi connectivity index (χ4n) is 2.27. The molecule has 1 atom stereocenters. The van der Waals surface area contributed by atoms with Crippen LogP contribution in [0, 0.1) is 5.82 Å². The Kier molecular flexibility index (Phi) is 5.28. The number of benzene rings is 1. The molecule has 0 saturated carbocycles. The smallest absolute Gasteiger partial charge is 0.138 e. The molecule has 1 heterocycles. The number of halogens is 1. The van der Waals surface area contributed by atoms with E-state index in [0.29, 0.717) is 17.9 Å². The molecule has 0 fully saturated rings. The maximum Gasteiger partial charge on any atom is 0.138 e. The third-order valence-corrected chi connectivity index (χ3v) is 3.34. The van der Waals surface area contributed by atoms with Crippen LogP contribution >= 0.6 is 0 Å². The third-order valence-electron chi connectivity index (χ3n) is 3.34. The van der Waals surface area contributed by atoms with Crippen LogP contribution in [0.2, 0.25) is 0 Å². The molecule has 0 amide bonds. The lowest BCUT2D eigenvalue weighted by Crippen LogP contribution is -2.17. The molecule has 21 heavy (non-hydrogen) atoms. The summed E-state index contributed by atoms with van der Waals surface area (Å²) in [6, 6.07) is 7.18. The van der Waals surface area contributed by atoms with Gasteiger partial charge in [-0.3, -0.25) is 4.98 Å². The summed E-state index contributed by atoms with van der Waals surface area (Å²) in [6.45, 7) is 7.46. The molecule has 0 aliphatic rings. The molecule has 1 unspecified atom stereocenters. The van der Waals surface area contributed by atoms with Gasteiger partial charge in [-0.05, 0) is 44.2 Å². The van der Waals surface area contributed by atoms with Gasteiger partial charge in [-0.1, -0.05) is 13.0 Å². The number of hydrogen-bond donors (Lipinski definition) is 1. The van der Waals surface area contributed by atoms with Gasteiger partial charge in [-0.15, -0.1) is 0 Å². The first-order valence-corrected chi connectivity index (χ1v) is 7.26. The van der Waals surface area contributed by atoms with Gasteiger partial charge >= 0.3 is 0 Å². The molecule has 0 radical (unpaired) electrons. The van der Waals surface area contributed by atoms with Crippen molar-refractivity contribution in [3.63, 3.8) is 0 Å². The van der Waals surface area contributed by atoms with Crippen LogP contribution in [0.3, 0.4) is 0 Å². The summed E-state index contributed by atoms with van der Waals surface area (Å²) in [5, 5.41) is 3.33. The van der Waals surface area contributed by atoms with E-state index in [0.717, 1.165) is 17.7 Å². The number of pyridine rings is 1. The standard InChI is InChI=1S/C17H21FN2O/c1-4-20-12(3)13-6-7-17(18)16(9-13)14-8-15(21-5-2)11-19-10-14/h6-12,20H,4-5H2,1-3H3. The van der Waals surface area contributed by atoms with E-state index in [1.165, 1.54) is 6.07 Å². The van der Waals surface area contributed by atoms with E-state index in [4.69, 9.17) is 4.74 Å². The molecular weight excluding hydrogens is 267 g/mol. The molecule has 0 aliphatic heterocycles. The maximum absolute atomic E-state index is 14.1. The summed E-state index contributed by atoms with van der Waals surface area (Å²) in [5.74, 6) is 0.400. The Hall–Kier alpha value is -1.94. The van der Waals surface area contributed by atoms with Gasteiger partial charge in [-0.2, -0.15) is 0 Å². The lowest BCUT2D eigenvalue weighted by Gasteiger charge is -2.15. The SMILES string of the molecule is CCNC(C)c1ccc(F)c(-c2cncc(OCC)c2)c1. The molecule has 4 heteroatoms. The summed E-state index contributed by atoms with van der Waals surface area (Å²) < 4.78 is 19.6. The second kappa shape index (κ2) is 7.18. The Morgan fingerprint density at radius 1 is 1.24 bits per heavy atom. The van der Waals surface area contributed by atoms with Crippen LogP contribution in [-0.4, -0.2) is 18.1 Å². The summed E-state index contributed by atoms with van der Waals surface area (Å²) in [4.78, 5) is 4.12. The molecule has 112 valence electrons.